The minimum absolute atomic E-state index is 0.367. The third-order valence-corrected chi connectivity index (χ3v) is 3.53. The maximum atomic E-state index is 3.56. The van der Waals surface area contributed by atoms with Gasteiger partial charge in [-0.15, -0.1) is 0 Å². The smallest absolute Gasteiger partial charge is 0.0491 e. The number of fused-ring (bicyclic) bond motifs is 1. The van der Waals surface area contributed by atoms with E-state index in [9.17, 15) is 0 Å². The summed E-state index contributed by atoms with van der Waals surface area (Å²) in [6, 6.07) is 4.75. The Kier molecular flexibility index (Phi) is 2.76. The van der Waals surface area contributed by atoms with Crippen molar-refractivity contribution in [2.24, 2.45) is 0 Å². The fourth-order valence-corrected chi connectivity index (χ4v) is 2.40. The standard InChI is InChI=1S/C14H20N2/c1-8-6-7-9(2)13-12(8)10(3)14(16-13)11(4)15-5/h6-7,11,15-16H,1-5H3. The molecule has 0 fully saturated rings. The maximum Gasteiger partial charge on any atom is 0.0491 e. The topological polar surface area (TPSA) is 27.8 Å². The minimum Gasteiger partial charge on any atom is -0.357 e. The first-order valence-corrected chi connectivity index (χ1v) is 5.82. The number of nitrogens with one attached hydrogen (secondary N) is 2. The number of hydrogen-bond donors (Lipinski definition) is 2. The van der Waals surface area contributed by atoms with Crippen LogP contribution >= 0.6 is 0 Å². The lowest BCUT2D eigenvalue weighted by Gasteiger charge is -2.09. The van der Waals surface area contributed by atoms with Crippen LogP contribution in [0.15, 0.2) is 12.1 Å². The highest BCUT2D eigenvalue weighted by Crippen LogP contribution is 2.30. The monoisotopic (exact) mass is 216 g/mol. The van der Waals surface area contributed by atoms with E-state index < -0.39 is 0 Å². The van der Waals surface area contributed by atoms with Crippen molar-refractivity contribution in [3.05, 3.63) is 34.5 Å². The van der Waals surface area contributed by atoms with Crippen LogP contribution in [0.3, 0.4) is 0 Å². The molecule has 0 radical (unpaired) electrons. The fourth-order valence-electron chi connectivity index (χ4n) is 2.40. The van der Waals surface area contributed by atoms with Gasteiger partial charge in [0.15, 0.2) is 0 Å². The van der Waals surface area contributed by atoms with Gasteiger partial charge in [-0.05, 0) is 51.4 Å². The first kappa shape index (κ1) is 11.2. The summed E-state index contributed by atoms with van der Waals surface area (Å²) in [5.74, 6) is 0. The second-order valence-corrected chi connectivity index (χ2v) is 4.62. The number of rotatable bonds is 2. The molecular formula is C14H20N2. The molecule has 0 spiro atoms. The van der Waals surface area contributed by atoms with Gasteiger partial charge in [0, 0.05) is 22.6 Å². The first-order chi connectivity index (χ1) is 7.56. The summed E-state index contributed by atoms with van der Waals surface area (Å²) in [6.45, 7) is 8.72. The van der Waals surface area contributed by atoms with Gasteiger partial charge >= 0.3 is 0 Å². The van der Waals surface area contributed by atoms with Crippen molar-refractivity contribution >= 4 is 10.9 Å². The molecule has 0 saturated heterocycles. The van der Waals surface area contributed by atoms with Gasteiger partial charge in [0.1, 0.15) is 0 Å². The Labute approximate surface area is 97.1 Å². The van der Waals surface area contributed by atoms with Crippen LogP contribution in [0, 0.1) is 20.8 Å². The van der Waals surface area contributed by atoms with Gasteiger partial charge in [0.2, 0.25) is 0 Å². The highest BCUT2D eigenvalue weighted by molar-refractivity contribution is 5.90. The quantitative estimate of drug-likeness (QED) is 0.791. The van der Waals surface area contributed by atoms with Crippen molar-refractivity contribution in [2.75, 3.05) is 7.05 Å². The van der Waals surface area contributed by atoms with Crippen molar-refractivity contribution in [1.29, 1.82) is 0 Å². The zero-order valence-electron chi connectivity index (χ0n) is 10.7. The summed E-state index contributed by atoms with van der Waals surface area (Å²) >= 11 is 0. The molecule has 2 aromatic rings. The summed E-state index contributed by atoms with van der Waals surface area (Å²) < 4.78 is 0. The molecule has 1 aromatic heterocycles. The minimum atomic E-state index is 0.367. The Morgan fingerprint density at radius 2 is 1.75 bits per heavy atom. The molecule has 0 aliphatic carbocycles. The number of benzene rings is 1. The molecule has 2 nitrogen and oxygen atoms in total. The van der Waals surface area contributed by atoms with Crippen LogP contribution in [-0.2, 0) is 0 Å². The third kappa shape index (κ3) is 1.54. The molecule has 2 heteroatoms. The van der Waals surface area contributed by atoms with E-state index in [1.165, 1.54) is 33.3 Å². The Hall–Kier alpha value is -1.28. The lowest BCUT2D eigenvalue weighted by Crippen LogP contribution is -2.13. The average Bonchev–Trinajstić information content (AvgIpc) is 2.62. The lowest BCUT2D eigenvalue weighted by molar-refractivity contribution is 0.634. The lowest BCUT2D eigenvalue weighted by atomic mass is 10.0. The largest absolute Gasteiger partial charge is 0.357 e. The Morgan fingerprint density at radius 1 is 1.12 bits per heavy atom. The molecule has 16 heavy (non-hydrogen) atoms. The van der Waals surface area contributed by atoms with Crippen molar-refractivity contribution in [3.63, 3.8) is 0 Å². The molecule has 1 heterocycles. The van der Waals surface area contributed by atoms with Crippen LogP contribution in [0.25, 0.3) is 10.9 Å². The van der Waals surface area contributed by atoms with Gasteiger partial charge in [-0.2, -0.15) is 0 Å². The van der Waals surface area contributed by atoms with E-state index >= 15 is 0 Å². The van der Waals surface area contributed by atoms with Gasteiger partial charge in [0.25, 0.3) is 0 Å². The van der Waals surface area contributed by atoms with Crippen LogP contribution in [0.5, 0.6) is 0 Å². The van der Waals surface area contributed by atoms with E-state index in [4.69, 9.17) is 0 Å². The molecule has 0 aliphatic rings. The molecular weight excluding hydrogens is 196 g/mol. The van der Waals surface area contributed by atoms with E-state index in [0.717, 1.165) is 0 Å². The fraction of sp³-hybridized carbons (Fsp3) is 0.429. The molecule has 0 saturated carbocycles. The Morgan fingerprint density at radius 3 is 2.31 bits per heavy atom. The summed E-state index contributed by atoms with van der Waals surface area (Å²) in [6.07, 6.45) is 0. The van der Waals surface area contributed by atoms with Crippen molar-refractivity contribution in [1.82, 2.24) is 10.3 Å². The second kappa shape index (κ2) is 3.95. The first-order valence-electron chi connectivity index (χ1n) is 5.82. The molecule has 1 atom stereocenters. The van der Waals surface area contributed by atoms with Crippen LogP contribution in [-0.4, -0.2) is 12.0 Å². The molecule has 1 aromatic carbocycles. The normalized spacial score (nSPS) is 13.3. The molecule has 1 unspecified atom stereocenters. The summed E-state index contributed by atoms with van der Waals surface area (Å²) in [5, 5.41) is 4.68. The van der Waals surface area contributed by atoms with Crippen LogP contribution in [0.1, 0.15) is 35.3 Å². The van der Waals surface area contributed by atoms with Gasteiger partial charge in [-0.3, -0.25) is 0 Å². The van der Waals surface area contributed by atoms with Crippen LogP contribution in [0.2, 0.25) is 0 Å². The number of aromatic nitrogens is 1. The number of aryl methyl sites for hydroxylation is 3. The summed E-state index contributed by atoms with van der Waals surface area (Å²) in [7, 11) is 2.00. The van der Waals surface area contributed by atoms with Gasteiger partial charge in [0.05, 0.1) is 0 Å². The predicted octanol–water partition coefficient (Wildman–Crippen LogP) is 3.37. The molecule has 0 amide bonds. The van der Waals surface area contributed by atoms with E-state index in [-0.39, 0.29) is 0 Å². The van der Waals surface area contributed by atoms with Crippen LogP contribution in [0.4, 0.5) is 0 Å². The zero-order chi connectivity index (χ0) is 11.9. The predicted molar refractivity (Wildman–Crippen MR) is 70.0 cm³/mol. The van der Waals surface area contributed by atoms with Crippen molar-refractivity contribution in [3.8, 4) is 0 Å². The van der Waals surface area contributed by atoms with Gasteiger partial charge in [-0.25, -0.2) is 0 Å². The van der Waals surface area contributed by atoms with Gasteiger partial charge in [-0.1, -0.05) is 12.1 Å². The molecule has 2 N–H and O–H groups in total. The average molecular weight is 216 g/mol. The molecule has 86 valence electrons. The van der Waals surface area contributed by atoms with E-state index in [2.05, 4.69) is 50.1 Å². The number of hydrogen-bond acceptors (Lipinski definition) is 1. The second-order valence-electron chi connectivity index (χ2n) is 4.62. The van der Waals surface area contributed by atoms with Gasteiger partial charge < -0.3 is 10.3 Å². The maximum absolute atomic E-state index is 3.56. The van der Waals surface area contributed by atoms with Crippen molar-refractivity contribution < 1.29 is 0 Å². The van der Waals surface area contributed by atoms with E-state index in [0.29, 0.717) is 6.04 Å². The number of aromatic amines is 1. The van der Waals surface area contributed by atoms with Crippen LogP contribution < -0.4 is 5.32 Å². The zero-order valence-corrected chi connectivity index (χ0v) is 10.7. The number of H-pyrrole nitrogens is 1. The highest BCUT2D eigenvalue weighted by Gasteiger charge is 2.14. The van der Waals surface area contributed by atoms with Crippen molar-refractivity contribution in [2.45, 2.75) is 33.7 Å². The SMILES string of the molecule is CNC(C)c1[nH]c2c(C)ccc(C)c2c1C. The summed E-state index contributed by atoms with van der Waals surface area (Å²) in [4.78, 5) is 3.56. The third-order valence-electron chi connectivity index (χ3n) is 3.53. The molecule has 2 rings (SSSR count). The molecule has 0 aliphatic heterocycles. The summed E-state index contributed by atoms with van der Waals surface area (Å²) in [5.41, 5.74) is 6.63. The van der Waals surface area contributed by atoms with E-state index in [1.54, 1.807) is 0 Å². The Balaban J connectivity index is 2.77. The molecule has 0 bridgehead atoms. The Bertz CT molecular complexity index is 523. The van der Waals surface area contributed by atoms with E-state index in [1.807, 2.05) is 7.05 Å². The highest BCUT2D eigenvalue weighted by atomic mass is 14.9.